The number of likely N-dealkylation sites (N-methyl/N-ethyl adjacent to an activating group) is 1. The van der Waals surface area contributed by atoms with Gasteiger partial charge in [-0.1, -0.05) is 13.3 Å². The summed E-state index contributed by atoms with van der Waals surface area (Å²) in [7, 11) is 0. The second kappa shape index (κ2) is 7.52. The summed E-state index contributed by atoms with van der Waals surface area (Å²) in [5, 5.41) is 5.86. The van der Waals surface area contributed by atoms with Crippen molar-refractivity contribution >= 4 is 17.5 Å². The number of hydrogen-bond donors (Lipinski definition) is 4. The van der Waals surface area contributed by atoms with Gasteiger partial charge in [-0.15, -0.1) is 0 Å². The molecule has 1 heterocycles. The van der Waals surface area contributed by atoms with E-state index in [2.05, 4.69) is 33.0 Å². The van der Waals surface area contributed by atoms with E-state index in [-0.39, 0.29) is 11.9 Å². The zero-order chi connectivity index (χ0) is 14.3. The van der Waals surface area contributed by atoms with Gasteiger partial charge < -0.3 is 16.1 Å². The van der Waals surface area contributed by atoms with Crippen LogP contribution in [0.15, 0.2) is 6.33 Å². The molecule has 1 amide bonds. The topological polar surface area (TPSA) is 105 Å². The molecule has 0 fully saturated rings. The summed E-state index contributed by atoms with van der Waals surface area (Å²) >= 11 is 0. The molecule has 0 saturated heterocycles. The molecule has 5 N–H and O–H groups in total. The zero-order valence-corrected chi connectivity index (χ0v) is 11.7. The highest BCUT2D eigenvalue weighted by molar-refractivity contribution is 5.84. The number of hydrazine groups is 1. The number of rotatable bonds is 7. The van der Waals surface area contributed by atoms with E-state index in [9.17, 15) is 4.79 Å². The Morgan fingerprint density at radius 2 is 2.05 bits per heavy atom. The molecule has 1 aromatic rings. The van der Waals surface area contributed by atoms with Crippen LogP contribution in [0.3, 0.4) is 0 Å². The fourth-order valence-corrected chi connectivity index (χ4v) is 1.75. The van der Waals surface area contributed by atoms with Crippen molar-refractivity contribution < 1.29 is 4.79 Å². The van der Waals surface area contributed by atoms with Crippen molar-refractivity contribution in [2.24, 2.45) is 5.84 Å². The van der Waals surface area contributed by atoms with Crippen molar-refractivity contribution in [3.8, 4) is 0 Å². The molecule has 0 aliphatic rings. The van der Waals surface area contributed by atoms with Crippen molar-refractivity contribution in [1.29, 1.82) is 0 Å². The van der Waals surface area contributed by atoms with Crippen LogP contribution in [0.4, 0.5) is 11.6 Å². The summed E-state index contributed by atoms with van der Waals surface area (Å²) < 4.78 is 0. The lowest BCUT2D eigenvalue weighted by Gasteiger charge is -2.17. The first-order chi connectivity index (χ1) is 9.13. The summed E-state index contributed by atoms with van der Waals surface area (Å²) in [6.45, 7) is 6.34. The molecule has 19 heavy (non-hydrogen) atoms. The Labute approximate surface area is 113 Å². The number of aromatic nitrogens is 2. The predicted octanol–water partition coefficient (Wildman–Crippen LogP) is 0.651. The van der Waals surface area contributed by atoms with Gasteiger partial charge in [-0.3, -0.25) is 4.79 Å². The van der Waals surface area contributed by atoms with E-state index in [1.54, 1.807) is 6.92 Å². The normalized spacial score (nSPS) is 11.8. The molecule has 0 aliphatic heterocycles. The van der Waals surface area contributed by atoms with Gasteiger partial charge >= 0.3 is 0 Å². The fraction of sp³-hybridized carbons (Fsp3) is 0.583. The van der Waals surface area contributed by atoms with Gasteiger partial charge in [0.05, 0.1) is 0 Å². The van der Waals surface area contributed by atoms with Crippen LogP contribution < -0.4 is 21.9 Å². The number of amides is 1. The Hall–Kier alpha value is -1.89. The van der Waals surface area contributed by atoms with E-state index in [0.717, 1.165) is 18.4 Å². The Kier molecular flexibility index (Phi) is 6.01. The Balaban J connectivity index is 2.90. The van der Waals surface area contributed by atoms with Crippen molar-refractivity contribution in [2.75, 3.05) is 17.3 Å². The van der Waals surface area contributed by atoms with Gasteiger partial charge in [-0.2, -0.15) is 0 Å². The molecular formula is C12H22N6O. The van der Waals surface area contributed by atoms with E-state index in [4.69, 9.17) is 5.84 Å². The number of nitrogens with zero attached hydrogens (tertiary/aromatic N) is 2. The lowest BCUT2D eigenvalue weighted by atomic mass is 10.1. The van der Waals surface area contributed by atoms with E-state index in [1.165, 1.54) is 6.33 Å². The van der Waals surface area contributed by atoms with Crippen LogP contribution in [0, 0.1) is 0 Å². The average Bonchev–Trinajstić information content (AvgIpc) is 2.41. The third-order valence-corrected chi connectivity index (χ3v) is 2.68. The lowest BCUT2D eigenvalue weighted by molar-refractivity contribution is -0.121. The highest BCUT2D eigenvalue weighted by Gasteiger charge is 2.16. The van der Waals surface area contributed by atoms with E-state index in [1.807, 2.05) is 6.92 Å². The number of carbonyl (C=O) groups is 1. The number of anilines is 2. The fourth-order valence-electron chi connectivity index (χ4n) is 1.75. The predicted molar refractivity (Wildman–Crippen MR) is 75.6 cm³/mol. The Bertz CT molecular complexity index is 423. The lowest BCUT2D eigenvalue weighted by Crippen LogP contribution is -2.37. The molecule has 1 unspecified atom stereocenters. The van der Waals surface area contributed by atoms with Crippen molar-refractivity contribution in [3.63, 3.8) is 0 Å². The first-order valence-corrected chi connectivity index (χ1v) is 6.48. The molecule has 0 aliphatic carbocycles. The molecule has 7 heteroatoms. The molecule has 1 aromatic heterocycles. The zero-order valence-electron chi connectivity index (χ0n) is 11.7. The van der Waals surface area contributed by atoms with Gasteiger partial charge in [0.15, 0.2) is 0 Å². The molecule has 0 saturated carbocycles. The minimum absolute atomic E-state index is 0.0641. The minimum atomic E-state index is -0.365. The van der Waals surface area contributed by atoms with Crippen LogP contribution in [0.2, 0.25) is 0 Å². The molecule has 0 aromatic carbocycles. The maximum atomic E-state index is 11.7. The molecule has 1 rings (SSSR count). The van der Waals surface area contributed by atoms with Gasteiger partial charge in [0.2, 0.25) is 5.91 Å². The van der Waals surface area contributed by atoms with Gasteiger partial charge in [0, 0.05) is 12.1 Å². The molecule has 7 nitrogen and oxygen atoms in total. The van der Waals surface area contributed by atoms with Crippen LogP contribution in [0.1, 0.15) is 32.8 Å². The summed E-state index contributed by atoms with van der Waals surface area (Å²) in [6.07, 6.45) is 3.14. The minimum Gasteiger partial charge on any atom is -0.358 e. The molecule has 0 bridgehead atoms. The summed E-state index contributed by atoms with van der Waals surface area (Å²) in [4.78, 5) is 20.0. The SMILES string of the molecule is CCCc1c(NN)ncnc1NC(C)C(=O)NCC. The first-order valence-electron chi connectivity index (χ1n) is 6.48. The van der Waals surface area contributed by atoms with Crippen molar-refractivity contribution in [3.05, 3.63) is 11.9 Å². The molecule has 1 atom stereocenters. The standard InChI is InChI=1S/C12H22N6O/c1-4-6-9-10(15-7-16-11(9)18-13)17-8(3)12(19)14-5-2/h7-8H,4-6,13H2,1-3H3,(H,14,19)(H2,15,16,17,18). The van der Waals surface area contributed by atoms with Gasteiger partial charge in [0.25, 0.3) is 0 Å². The van der Waals surface area contributed by atoms with Crippen LogP contribution in [0.25, 0.3) is 0 Å². The van der Waals surface area contributed by atoms with Gasteiger partial charge in [-0.05, 0) is 20.3 Å². The maximum absolute atomic E-state index is 11.7. The second-order valence-corrected chi connectivity index (χ2v) is 4.20. The number of nitrogen functional groups attached to an aromatic ring is 1. The van der Waals surface area contributed by atoms with Gasteiger partial charge in [0.1, 0.15) is 24.0 Å². The maximum Gasteiger partial charge on any atom is 0.242 e. The average molecular weight is 266 g/mol. The van der Waals surface area contributed by atoms with E-state index >= 15 is 0 Å². The highest BCUT2D eigenvalue weighted by Crippen LogP contribution is 2.21. The molecule has 106 valence electrons. The van der Waals surface area contributed by atoms with E-state index < -0.39 is 0 Å². The molecule has 0 spiro atoms. The van der Waals surface area contributed by atoms with Crippen LogP contribution in [-0.4, -0.2) is 28.5 Å². The largest absolute Gasteiger partial charge is 0.358 e. The quantitative estimate of drug-likeness (QED) is 0.426. The summed E-state index contributed by atoms with van der Waals surface area (Å²) in [6, 6.07) is -0.365. The number of carbonyl (C=O) groups excluding carboxylic acids is 1. The number of nitrogens with one attached hydrogen (secondary N) is 3. The number of nitrogens with two attached hydrogens (primary N) is 1. The van der Waals surface area contributed by atoms with Crippen LogP contribution in [0.5, 0.6) is 0 Å². The molecule has 0 radical (unpaired) electrons. The highest BCUT2D eigenvalue weighted by atomic mass is 16.2. The smallest absolute Gasteiger partial charge is 0.242 e. The second-order valence-electron chi connectivity index (χ2n) is 4.20. The third-order valence-electron chi connectivity index (χ3n) is 2.68. The van der Waals surface area contributed by atoms with Crippen molar-refractivity contribution in [1.82, 2.24) is 15.3 Å². The van der Waals surface area contributed by atoms with Crippen LogP contribution in [-0.2, 0) is 11.2 Å². The summed E-state index contributed by atoms with van der Waals surface area (Å²) in [5.41, 5.74) is 3.45. The molecular weight excluding hydrogens is 244 g/mol. The Morgan fingerprint density at radius 3 is 2.63 bits per heavy atom. The van der Waals surface area contributed by atoms with Crippen LogP contribution >= 0.6 is 0 Å². The first kappa shape index (κ1) is 15.2. The van der Waals surface area contributed by atoms with Gasteiger partial charge in [-0.25, -0.2) is 15.8 Å². The third kappa shape index (κ3) is 4.06. The van der Waals surface area contributed by atoms with E-state index in [0.29, 0.717) is 18.2 Å². The monoisotopic (exact) mass is 266 g/mol. The number of hydrogen-bond acceptors (Lipinski definition) is 6. The Morgan fingerprint density at radius 1 is 1.37 bits per heavy atom. The summed E-state index contributed by atoms with van der Waals surface area (Å²) in [5.74, 6) is 6.60. The van der Waals surface area contributed by atoms with Crippen molar-refractivity contribution in [2.45, 2.75) is 39.7 Å².